The highest BCUT2D eigenvalue weighted by Crippen LogP contribution is 2.33. The Hall–Kier alpha value is -2.23. The number of nitrogens with one attached hydrogen (secondary N) is 1. The van der Waals surface area contributed by atoms with Crippen LogP contribution in [0.5, 0.6) is 11.5 Å². The third-order valence-corrected chi connectivity index (χ3v) is 3.40. The second kappa shape index (κ2) is 6.97. The predicted octanol–water partition coefficient (Wildman–Crippen LogP) is 4.41. The van der Waals surface area contributed by atoms with Gasteiger partial charge >= 0.3 is 0 Å². The Morgan fingerprint density at radius 2 is 1.90 bits per heavy atom. The molecule has 0 heterocycles. The summed E-state index contributed by atoms with van der Waals surface area (Å²) in [5.74, 6) is 1.24. The van der Waals surface area contributed by atoms with Crippen LogP contribution in [0.3, 0.4) is 0 Å². The fourth-order valence-electron chi connectivity index (χ4n) is 2.26. The molecule has 21 heavy (non-hydrogen) atoms. The maximum absolute atomic E-state index is 13.4. The van der Waals surface area contributed by atoms with Crippen molar-refractivity contribution in [3.63, 3.8) is 0 Å². The molecule has 1 atom stereocenters. The van der Waals surface area contributed by atoms with Crippen molar-refractivity contribution in [2.45, 2.75) is 19.4 Å². The Balaban J connectivity index is 2.29. The molecule has 0 saturated carbocycles. The number of benzene rings is 2. The molecule has 0 aromatic heterocycles. The van der Waals surface area contributed by atoms with Crippen LogP contribution in [-0.2, 0) is 0 Å². The van der Waals surface area contributed by atoms with Crippen LogP contribution in [0.4, 0.5) is 10.1 Å². The molecule has 4 heteroatoms. The molecule has 0 aliphatic heterocycles. The summed E-state index contributed by atoms with van der Waals surface area (Å²) in [6.07, 6.45) is 0.823. The molecule has 0 aliphatic rings. The lowest BCUT2D eigenvalue weighted by Crippen LogP contribution is -2.11. The van der Waals surface area contributed by atoms with E-state index in [1.54, 1.807) is 26.4 Å². The van der Waals surface area contributed by atoms with Crippen molar-refractivity contribution in [1.82, 2.24) is 0 Å². The maximum atomic E-state index is 13.4. The lowest BCUT2D eigenvalue weighted by atomic mass is 10.0. The van der Waals surface area contributed by atoms with E-state index in [2.05, 4.69) is 12.2 Å². The van der Waals surface area contributed by atoms with Gasteiger partial charge in [-0.2, -0.15) is 0 Å². The normalized spacial score (nSPS) is 11.8. The molecular formula is C17H20FNO2. The average molecular weight is 289 g/mol. The fourth-order valence-corrected chi connectivity index (χ4v) is 2.26. The van der Waals surface area contributed by atoms with E-state index in [4.69, 9.17) is 9.47 Å². The van der Waals surface area contributed by atoms with Crippen molar-refractivity contribution in [3.05, 3.63) is 53.8 Å². The summed E-state index contributed by atoms with van der Waals surface area (Å²) >= 11 is 0. The Morgan fingerprint density at radius 3 is 2.52 bits per heavy atom. The third-order valence-electron chi connectivity index (χ3n) is 3.40. The predicted molar refractivity (Wildman–Crippen MR) is 82.6 cm³/mol. The van der Waals surface area contributed by atoms with Crippen LogP contribution in [0, 0.1) is 5.82 Å². The van der Waals surface area contributed by atoms with Crippen molar-refractivity contribution in [2.75, 3.05) is 19.5 Å². The van der Waals surface area contributed by atoms with Crippen LogP contribution < -0.4 is 14.8 Å². The van der Waals surface area contributed by atoms with E-state index in [0.717, 1.165) is 29.2 Å². The Morgan fingerprint density at radius 1 is 1.10 bits per heavy atom. The molecule has 0 amide bonds. The maximum Gasteiger partial charge on any atom is 0.142 e. The first-order valence-electron chi connectivity index (χ1n) is 6.92. The van der Waals surface area contributed by atoms with E-state index in [1.807, 2.05) is 24.3 Å². The Bertz CT molecular complexity index is 601. The number of hydrogen-bond acceptors (Lipinski definition) is 3. The number of anilines is 1. The summed E-state index contributed by atoms with van der Waals surface area (Å²) in [5, 5.41) is 3.39. The molecular weight excluding hydrogens is 269 g/mol. The van der Waals surface area contributed by atoms with Gasteiger partial charge in [0.1, 0.15) is 17.3 Å². The van der Waals surface area contributed by atoms with Crippen LogP contribution in [-0.4, -0.2) is 14.2 Å². The van der Waals surface area contributed by atoms with Gasteiger partial charge in [0.05, 0.1) is 25.9 Å². The first kappa shape index (κ1) is 15.2. The van der Waals surface area contributed by atoms with Crippen LogP contribution in [0.2, 0.25) is 0 Å². The van der Waals surface area contributed by atoms with Gasteiger partial charge in [-0.15, -0.1) is 0 Å². The minimum absolute atomic E-state index is 0.00158. The zero-order chi connectivity index (χ0) is 15.2. The van der Waals surface area contributed by atoms with Crippen molar-refractivity contribution >= 4 is 5.69 Å². The molecule has 0 aliphatic carbocycles. The summed E-state index contributed by atoms with van der Waals surface area (Å²) in [4.78, 5) is 0. The molecule has 0 fully saturated rings. The highest BCUT2D eigenvalue weighted by Gasteiger charge is 2.13. The van der Waals surface area contributed by atoms with Gasteiger partial charge in [-0.05, 0) is 36.2 Å². The van der Waals surface area contributed by atoms with Crippen molar-refractivity contribution in [1.29, 1.82) is 0 Å². The summed E-state index contributed by atoms with van der Waals surface area (Å²) in [5.41, 5.74) is 1.73. The van der Waals surface area contributed by atoms with Crippen LogP contribution in [0.1, 0.15) is 24.9 Å². The molecule has 0 bridgehead atoms. The van der Waals surface area contributed by atoms with Crippen LogP contribution >= 0.6 is 0 Å². The van der Waals surface area contributed by atoms with E-state index < -0.39 is 0 Å². The van der Waals surface area contributed by atoms with Gasteiger partial charge in [-0.3, -0.25) is 0 Å². The van der Waals surface area contributed by atoms with Gasteiger partial charge in [0.15, 0.2) is 0 Å². The van der Waals surface area contributed by atoms with E-state index in [9.17, 15) is 4.39 Å². The first-order valence-corrected chi connectivity index (χ1v) is 6.92. The smallest absolute Gasteiger partial charge is 0.142 e. The molecule has 0 saturated heterocycles. The monoisotopic (exact) mass is 289 g/mol. The van der Waals surface area contributed by atoms with E-state index >= 15 is 0 Å². The number of halogens is 1. The lowest BCUT2D eigenvalue weighted by molar-refractivity contribution is 0.404. The molecule has 2 aromatic carbocycles. The zero-order valence-electron chi connectivity index (χ0n) is 12.5. The summed E-state index contributed by atoms with van der Waals surface area (Å²) in [6, 6.07) is 12.2. The largest absolute Gasteiger partial charge is 0.497 e. The highest BCUT2D eigenvalue weighted by molar-refractivity contribution is 5.60. The minimum Gasteiger partial charge on any atom is -0.497 e. The number of methoxy groups -OCH3 is 2. The van der Waals surface area contributed by atoms with E-state index in [-0.39, 0.29) is 11.9 Å². The standard InChI is InChI=1S/C17H20FNO2/c1-4-15(12-6-5-7-13(18)10-12)19-16-11-14(20-2)8-9-17(16)21-3/h5-11,15,19H,4H2,1-3H3. The Kier molecular flexibility index (Phi) is 5.04. The third kappa shape index (κ3) is 3.66. The molecule has 2 aromatic rings. The zero-order valence-corrected chi connectivity index (χ0v) is 12.5. The molecule has 2 rings (SSSR count). The minimum atomic E-state index is -0.231. The molecule has 0 radical (unpaired) electrons. The Labute approximate surface area is 124 Å². The number of hydrogen-bond donors (Lipinski definition) is 1. The van der Waals surface area contributed by atoms with Crippen LogP contribution in [0.15, 0.2) is 42.5 Å². The molecule has 1 N–H and O–H groups in total. The quantitative estimate of drug-likeness (QED) is 0.854. The van der Waals surface area contributed by atoms with E-state index in [0.29, 0.717) is 0 Å². The average Bonchev–Trinajstić information content (AvgIpc) is 2.52. The molecule has 0 spiro atoms. The second-order valence-electron chi connectivity index (χ2n) is 4.73. The first-order chi connectivity index (χ1) is 10.2. The highest BCUT2D eigenvalue weighted by atomic mass is 19.1. The van der Waals surface area contributed by atoms with Gasteiger partial charge < -0.3 is 14.8 Å². The van der Waals surface area contributed by atoms with Crippen molar-refractivity contribution in [3.8, 4) is 11.5 Å². The number of rotatable bonds is 6. The van der Waals surface area contributed by atoms with Gasteiger partial charge in [-0.25, -0.2) is 4.39 Å². The molecule has 1 unspecified atom stereocenters. The van der Waals surface area contributed by atoms with Crippen LogP contribution in [0.25, 0.3) is 0 Å². The van der Waals surface area contributed by atoms with Gasteiger partial charge in [0.2, 0.25) is 0 Å². The fraction of sp³-hybridized carbons (Fsp3) is 0.294. The summed E-state index contributed by atoms with van der Waals surface area (Å²) in [6.45, 7) is 2.05. The number of ether oxygens (including phenoxy) is 2. The SMILES string of the molecule is CCC(Nc1cc(OC)ccc1OC)c1cccc(F)c1. The van der Waals surface area contributed by atoms with Gasteiger partial charge in [0, 0.05) is 6.07 Å². The van der Waals surface area contributed by atoms with Gasteiger partial charge in [0.25, 0.3) is 0 Å². The second-order valence-corrected chi connectivity index (χ2v) is 4.73. The van der Waals surface area contributed by atoms with Crippen molar-refractivity contribution in [2.24, 2.45) is 0 Å². The van der Waals surface area contributed by atoms with Crippen molar-refractivity contribution < 1.29 is 13.9 Å². The van der Waals surface area contributed by atoms with E-state index in [1.165, 1.54) is 6.07 Å². The lowest BCUT2D eigenvalue weighted by Gasteiger charge is -2.21. The van der Waals surface area contributed by atoms with Gasteiger partial charge in [-0.1, -0.05) is 19.1 Å². The molecule has 112 valence electrons. The summed E-state index contributed by atoms with van der Waals surface area (Å²) in [7, 11) is 3.24. The molecule has 3 nitrogen and oxygen atoms in total. The topological polar surface area (TPSA) is 30.5 Å². The summed E-state index contributed by atoms with van der Waals surface area (Å²) < 4.78 is 24.0.